The molecular weight excluding hydrogens is 306 g/mol. The molecule has 1 heterocycles. The van der Waals surface area contributed by atoms with Gasteiger partial charge in [-0.25, -0.2) is 4.79 Å². The molecule has 1 saturated heterocycles. The lowest BCUT2D eigenvalue weighted by atomic mass is 10.1. The Balaban J connectivity index is 1.71. The largest absolute Gasteiger partial charge is 0.491 e. The molecule has 6 heteroatoms. The minimum atomic E-state index is -0.540. The van der Waals surface area contributed by atoms with Gasteiger partial charge in [0.2, 0.25) is 0 Å². The molecule has 2 amide bonds. The number of ether oxygens (including phenoxy) is 1. The quantitative estimate of drug-likeness (QED) is 0.825. The van der Waals surface area contributed by atoms with E-state index in [4.69, 9.17) is 4.74 Å². The van der Waals surface area contributed by atoms with Gasteiger partial charge in [0, 0.05) is 39.3 Å². The Morgan fingerprint density at radius 2 is 1.83 bits per heavy atom. The summed E-state index contributed by atoms with van der Waals surface area (Å²) in [7, 11) is 0. The van der Waals surface area contributed by atoms with Crippen molar-refractivity contribution in [2.75, 3.05) is 45.9 Å². The average Bonchev–Trinajstić information content (AvgIpc) is 2.53. The highest BCUT2D eigenvalue weighted by molar-refractivity contribution is 5.74. The molecule has 1 aliphatic rings. The van der Waals surface area contributed by atoms with Crippen molar-refractivity contribution in [2.45, 2.75) is 26.9 Å². The topological polar surface area (TPSA) is 65.0 Å². The summed E-state index contributed by atoms with van der Waals surface area (Å²) in [6.07, 6.45) is -0.540. The standard InChI is InChI=1S/C18H29N3O3/c1-4-19-18(23)21-7-5-20(6-8-21)12-16(22)13-24-17-10-14(2)9-15(3)11-17/h9-11,16,22H,4-8,12-13H2,1-3H3,(H,19,23). The maximum absolute atomic E-state index is 11.8. The van der Waals surface area contributed by atoms with Crippen molar-refractivity contribution in [3.05, 3.63) is 29.3 Å². The third kappa shape index (κ3) is 5.69. The molecule has 6 nitrogen and oxygen atoms in total. The molecule has 0 saturated carbocycles. The number of hydrogen-bond donors (Lipinski definition) is 2. The van der Waals surface area contributed by atoms with Crippen LogP contribution in [-0.4, -0.2) is 72.9 Å². The predicted octanol–water partition coefficient (Wildman–Crippen LogP) is 1.39. The molecule has 0 radical (unpaired) electrons. The van der Waals surface area contributed by atoms with Crippen molar-refractivity contribution < 1.29 is 14.6 Å². The number of aliphatic hydroxyl groups is 1. The van der Waals surface area contributed by atoms with E-state index in [1.165, 1.54) is 0 Å². The van der Waals surface area contributed by atoms with Crippen LogP contribution in [0.15, 0.2) is 18.2 Å². The summed E-state index contributed by atoms with van der Waals surface area (Å²) < 4.78 is 5.71. The molecule has 1 unspecified atom stereocenters. The normalized spacial score (nSPS) is 16.8. The van der Waals surface area contributed by atoms with Crippen LogP contribution >= 0.6 is 0 Å². The smallest absolute Gasteiger partial charge is 0.317 e. The molecule has 0 bridgehead atoms. The molecule has 1 aliphatic heterocycles. The number of urea groups is 1. The Morgan fingerprint density at radius 3 is 2.42 bits per heavy atom. The molecule has 0 aliphatic carbocycles. The molecule has 2 N–H and O–H groups in total. The zero-order valence-electron chi connectivity index (χ0n) is 14.9. The monoisotopic (exact) mass is 335 g/mol. The number of carbonyl (C=O) groups excluding carboxylic acids is 1. The lowest BCUT2D eigenvalue weighted by Gasteiger charge is -2.35. The fourth-order valence-corrected chi connectivity index (χ4v) is 2.96. The summed E-state index contributed by atoms with van der Waals surface area (Å²) in [5.41, 5.74) is 2.31. The summed E-state index contributed by atoms with van der Waals surface area (Å²) in [5.74, 6) is 0.799. The first-order valence-corrected chi connectivity index (χ1v) is 8.62. The van der Waals surface area contributed by atoms with Gasteiger partial charge in [-0.2, -0.15) is 0 Å². The predicted molar refractivity (Wildman–Crippen MR) is 94.5 cm³/mol. The van der Waals surface area contributed by atoms with Crippen LogP contribution in [0.3, 0.4) is 0 Å². The van der Waals surface area contributed by atoms with E-state index >= 15 is 0 Å². The SMILES string of the molecule is CCNC(=O)N1CCN(CC(O)COc2cc(C)cc(C)c2)CC1. The van der Waals surface area contributed by atoms with Gasteiger partial charge >= 0.3 is 6.03 Å². The van der Waals surface area contributed by atoms with E-state index in [0.29, 0.717) is 26.2 Å². The third-order valence-electron chi connectivity index (χ3n) is 4.09. The highest BCUT2D eigenvalue weighted by atomic mass is 16.5. The van der Waals surface area contributed by atoms with Gasteiger partial charge in [0.15, 0.2) is 0 Å². The zero-order valence-corrected chi connectivity index (χ0v) is 14.9. The van der Waals surface area contributed by atoms with Crippen LogP contribution in [-0.2, 0) is 0 Å². The van der Waals surface area contributed by atoms with E-state index in [2.05, 4.69) is 16.3 Å². The molecular formula is C18H29N3O3. The van der Waals surface area contributed by atoms with Crippen molar-refractivity contribution >= 4 is 6.03 Å². The van der Waals surface area contributed by atoms with Crippen LogP contribution in [0.25, 0.3) is 0 Å². The Hall–Kier alpha value is -1.79. The van der Waals surface area contributed by atoms with Crippen LogP contribution in [0.2, 0.25) is 0 Å². The van der Waals surface area contributed by atoms with E-state index in [-0.39, 0.29) is 12.6 Å². The Bertz CT molecular complexity index is 522. The number of aryl methyl sites for hydroxylation is 2. The molecule has 24 heavy (non-hydrogen) atoms. The first kappa shape index (κ1) is 18.5. The second-order valence-electron chi connectivity index (χ2n) is 6.41. The van der Waals surface area contributed by atoms with Crippen LogP contribution in [0.4, 0.5) is 4.79 Å². The van der Waals surface area contributed by atoms with Crippen molar-refractivity contribution in [3.8, 4) is 5.75 Å². The first-order valence-electron chi connectivity index (χ1n) is 8.62. The summed E-state index contributed by atoms with van der Waals surface area (Å²) in [6.45, 7) is 10.4. The van der Waals surface area contributed by atoms with Gasteiger partial charge in [0.25, 0.3) is 0 Å². The second-order valence-corrected chi connectivity index (χ2v) is 6.41. The number of rotatable bonds is 6. The molecule has 1 aromatic rings. The van der Waals surface area contributed by atoms with E-state index in [1.807, 2.05) is 37.8 Å². The number of benzene rings is 1. The molecule has 1 atom stereocenters. The maximum atomic E-state index is 11.8. The molecule has 0 aromatic heterocycles. The zero-order chi connectivity index (χ0) is 17.5. The molecule has 1 fully saturated rings. The minimum Gasteiger partial charge on any atom is -0.491 e. The van der Waals surface area contributed by atoms with Crippen molar-refractivity contribution in [1.82, 2.24) is 15.1 Å². The molecule has 134 valence electrons. The number of carbonyl (C=O) groups is 1. The van der Waals surface area contributed by atoms with Crippen molar-refractivity contribution in [1.29, 1.82) is 0 Å². The van der Waals surface area contributed by atoms with Gasteiger partial charge in [-0.05, 0) is 44.0 Å². The molecule has 1 aromatic carbocycles. The van der Waals surface area contributed by atoms with Gasteiger partial charge in [-0.1, -0.05) is 6.07 Å². The lowest BCUT2D eigenvalue weighted by Crippen LogP contribution is -2.53. The van der Waals surface area contributed by atoms with Crippen LogP contribution in [0, 0.1) is 13.8 Å². The highest BCUT2D eigenvalue weighted by Gasteiger charge is 2.22. The second kappa shape index (κ2) is 8.89. The van der Waals surface area contributed by atoms with E-state index in [9.17, 15) is 9.90 Å². The summed E-state index contributed by atoms with van der Waals surface area (Å²) >= 11 is 0. The average molecular weight is 335 g/mol. The Labute approximate surface area is 144 Å². The fourth-order valence-electron chi connectivity index (χ4n) is 2.96. The number of piperazine rings is 1. The van der Waals surface area contributed by atoms with Gasteiger partial charge in [0.1, 0.15) is 18.5 Å². The maximum Gasteiger partial charge on any atom is 0.317 e. The number of hydrogen-bond acceptors (Lipinski definition) is 4. The summed E-state index contributed by atoms with van der Waals surface area (Å²) in [5, 5.41) is 13.0. The van der Waals surface area contributed by atoms with Crippen molar-refractivity contribution in [3.63, 3.8) is 0 Å². The van der Waals surface area contributed by atoms with E-state index < -0.39 is 6.10 Å². The lowest BCUT2D eigenvalue weighted by molar-refractivity contribution is 0.0516. The van der Waals surface area contributed by atoms with Gasteiger partial charge < -0.3 is 20.1 Å². The first-order chi connectivity index (χ1) is 11.5. The van der Waals surface area contributed by atoms with Crippen molar-refractivity contribution in [2.24, 2.45) is 0 Å². The molecule has 0 spiro atoms. The van der Waals surface area contributed by atoms with Crippen LogP contribution in [0.1, 0.15) is 18.1 Å². The number of aliphatic hydroxyl groups excluding tert-OH is 1. The summed E-state index contributed by atoms with van der Waals surface area (Å²) in [4.78, 5) is 15.8. The van der Waals surface area contributed by atoms with Crippen LogP contribution in [0.5, 0.6) is 5.75 Å². The van der Waals surface area contributed by atoms with E-state index in [1.54, 1.807) is 0 Å². The summed E-state index contributed by atoms with van der Waals surface area (Å²) in [6, 6.07) is 6.04. The number of nitrogens with one attached hydrogen (secondary N) is 1. The number of β-amino-alcohol motifs (C(OH)–C–C–N with tert-alkyl or cyclic N) is 1. The Kier molecular flexibility index (Phi) is 6.87. The Morgan fingerprint density at radius 1 is 1.21 bits per heavy atom. The highest BCUT2D eigenvalue weighted by Crippen LogP contribution is 2.16. The fraction of sp³-hybridized carbons (Fsp3) is 0.611. The number of amides is 2. The van der Waals surface area contributed by atoms with E-state index in [0.717, 1.165) is 30.0 Å². The third-order valence-corrected chi connectivity index (χ3v) is 4.09. The molecule has 2 rings (SSSR count). The minimum absolute atomic E-state index is 0.00384. The van der Waals surface area contributed by atoms with Gasteiger partial charge in [-0.15, -0.1) is 0 Å². The van der Waals surface area contributed by atoms with Gasteiger partial charge in [0.05, 0.1) is 0 Å². The number of nitrogens with zero attached hydrogens (tertiary/aromatic N) is 2. The van der Waals surface area contributed by atoms with Crippen LogP contribution < -0.4 is 10.1 Å². The van der Waals surface area contributed by atoms with Gasteiger partial charge in [-0.3, -0.25) is 4.90 Å².